The SMILES string of the molecule is CC1CCCC(NC(=O)COC(=O)c2ccccc2S(=O)(=O)N(C)c2ccccc2)C1C. The summed E-state index contributed by atoms with van der Waals surface area (Å²) in [5.74, 6) is -0.366. The lowest BCUT2D eigenvalue weighted by atomic mass is 9.78. The first-order chi connectivity index (χ1) is 15.2. The van der Waals surface area contributed by atoms with Gasteiger partial charge < -0.3 is 10.1 Å². The quantitative estimate of drug-likeness (QED) is 0.640. The van der Waals surface area contributed by atoms with Crippen LogP contribution in [0.1, 0.15) is 43.5 Å². The molecule has 1 fully saturated rings. The minimum absolute atomic E-state index is 0.0529. The van der Waals surface area contributed by atoms with Crippen LogP contribution in [0, 0.1) is 11.8 Å². The Hall–Kier alpha value is -2.87. The van der Waals surface area contributed by atoms with Crippen LogP contribution < -0.4 is 9.62 Å². The highest BCUT2D eigenvalue weighted by Gasteiger charge is 2.30. The van der Waals surface area contributed by atoms with Crippen LogP contribution in [0.25, 0.3) is 0 Å². The molecule has 32 heavy (non-hydrogen) atoms. The molecule has 7 nitrogen and oxygen atoms in total. The van der Waals surface area contributed by atoms with Gasteiger partial charge in [-0.2, -0.15) is 0 Å². The summed E-state index contributed by atoms with van der Waals surface area (Å²) in [5.41, 5.74) is 0.355. The molecule has 1 N–H and O–H groups in total. The van der Waals surface area contributed by atoms with E-state index in [4.69, 9.17) is 4.74 Å². The van der Waals surface area contributed by atoms with Gasteiger partial charge in [-0.15, -0.1) is 0 Å². The number of hydrogen-bond donors (Lipinski definition) is 1. The summed E-state index contributed by atoms with van der Waals surface area (Å²) in [5, 5.41) is 2.95. The van der Waals surface area contributed by atoms with Crippen LogP contribution >= 0.6 is 0 Å². The maximum Gasteiger partial charge on any atom is 0.340 e. The first kappa shape index (κ1) is 23.8. The van der Waals surface area contributed by atoms with Gasteiger partial charge in [0, 0.05) is 13.1 Å². The zero-order valence-electron chi connectivity index (χ0n) is 18.7. The Labute approximate surface area is 189 Å². The van der Waals surface area contributed by atoms with Crippen molar-refractivity contribution in [3.05, 3.63) is 60.2 Å². The molecule has 0 spiro atoms. The molecule has 172 valence electrons. The number of rotatable bonds is 7. The van der Waals surface area contributed by atoms with Gasteiger partial charge >= 0.3 is 5.97 Å². The standard InChI is InChI=1S/C24H30N2O5S/c1-17-10-9-14-21(18(17)2)25-23(27)16-31-24(28)20-13-7-8-15-22(20)32(29,30)26(3)19-11-5-4-6-12-19/h4-8,11-13,15,17-18,21H,9-10,14,16H2,1-3H3,(H,25,27). The van der Waals surface area contributed by atoms with E-state index in [-0.39, 0.29) is 22.4 Å². The van der Waals surface area contributed by atoms with Crippen molar-refractivity contribution in [3.63, 3.8) is 0 Å². The zero-order chi connectivity index (χ0) is 23.3. The molecule has 8 heteroatoms. The summed E-state index contributed by atoms with van der Waals surface area (Å²) in [7, 11) is -2.59. The summed E-state index contributed by atoms with van der Waals surface area (Å²) >= 11 is 0. The van der Waals surface area contributed by atoms with Gasteiger partial charge in [0.2, 0.25) is 0 Å². The Morgan fingerprint density at radius 3 is 2.41 bits per heavy atom. The molecule has 0 bridgehead atoms. The van der Waals surface area contributed by atoms with E-state index in [0.29, 0.717) is 17.5 Å². The number of sulfonamides is 1. The molecule has 0 heterocycles. The monoisotopic (exact) mass is 458 g/mol. The first-order valence-corrected chi connectivity index (χ1v) is 12.3. The van der Waals surface area contributed by atoms with Gasteiger partial charge in [0.25, 0.3) is 15.9 Å². The van der Waals surface area contributed by atoms with Crippen molar-refractivity contribution in [3.8, 4) is 0 Å². The lowest BCUT2D eigenvalue weighted by Crippen LogP contribution is -2.45. The van der Waals surface area contributed by atoms with Gasteiger partial charge in [0.1, 0.15) is 4.90 Å². The lowest BCUT2D eigenvalue weighted by Gasteiger charge is -2.34. The molecule has 1 amide bonds. The number of benzene rings is 2. The Kier molecular flexibility index (Phi) is 7.56. The fourth-order valence-electron chi connectivity index (χ4n) is 4.03. The van der Waals surface area contributed by atoms with E-state index in [1.54, 1.807) is 42.5 Å². The summed E-state index contributed by atoms with van der Waals surface area (Å²) < 4.78 is 32.6. The number of nitrogens with zero attached hydrogens (tertiary/aromatic N) is 1. The maximum atomic E-state index is 13.2. The lowest BCUT2D eigenvalue weighted by molar-refractivity contribution is -0.125. The molecule has 0 aliphatic heterocycles. The van der Waals surface area contributed by atoms with Crippen molar-refractivity contribution in [1.29, 1.82) is 0 Å². The Morgan fingerprint density at radius 1 is 1.03 bits per heavy atom. The van der Waals surface area contributed by atoms with Gasteiger partial charge in [0.05, 0.1) is 11.3 Å². The number of hydrogen-bond acceptors (Lipinski definition) is 5. The van der Waals surface area contributed by atoms with E-state index >= 15 is 0 Å². The van der Waals surface area contributed by atoms with Gasteiger partial charge in [-0.1, -0.05) is 57.0 Å². The summed E-state index contributed by atoms with van der Waals surface area (Å²) in [6, 6.07) is 14.5. The molecule has 0 aromatic heterocycles. The predicted molar refractivity (Wildman–Crippen MR) is 123 cm³/mol. The van der Waals surface area contributed by atoms with Crippen LogP contribution in [-0.2, 0) is 19.6 Å². The Bertz CT molecular complexity index is 1060. The normalized spacial score (nSPS) is 20.9. The largest absolute Gasteiger partial charge is 0.452 e. The van der Waals surface area contributed by atoms with Gasteiger partial charge in [-0.25, -0.2) is 13.2 Å². The van der Waals surface area contributed by atoms with Crippen LogP contribution in [0.5, 0.6) is 0 Å². The second-order valence-electron chi connectivity index (χ2n) is 8.32. The zero-order valence-corrected chi connectivity index (χ0v) is 19.5. The van der Waals surface area contributed by atoms with Crippen molar-refractivity contribution in [2.24, 2.45) is 11.8 Å². The third kappa shape index (κ3) is 5.30. The molecule has 0 saturated heterocycles. The van der Waals surface area contributed by atoms with Gasteiger partial charge in [0.15, 0.2) is 6.61 Å². The first-order valence-electron chi connectivity index (χ1n) is 10.8. The van der Waals surface area contributed by atoms with E-state index in [2.05, 4.69) is 19.2 Å². The Morgan fingerprint density at radius 2 is 1.69 bits per heavy atom. The fourth-order valence-corrected chi connectivity index (χ4v) is 5.40. The highest BCUT2D eigenvalue weighted by atomic mass is 32.2. The summed E-state index contributed by atoms with van der Waals surface area (Å²) in [6.45, 7) is 3.83. The molecular weight excluding hydrogens is 428 g/mol. The highest BCUT2D eigenvalue weighted by molar-refractivity contribution is 7.92. The minimum Gasteiger partial charge on any atom is -0.452 e. The van der Waals surface area contributed by atoms with Crippen molar-refractivity contribution in [1.82, 2.24) is 5.32 Å². The molecule has 0 radical (unpaired) electrons. The van der Waals surface area contributed by atoms with Gasteiger partial charge in [-0.3, -0.25) is 9.10 Å². The number of ether oxygens (including phenoxy) is 1. The average molecular weight is 459 g/mol. The van der Waals surface area contributed by atoms with Crippen molar-refractivity contribution in [2.75, 3.05) is 18.0 Å². The fraction of sp³-hybridized carbons (Fsp3) is 0.417. The van der Waals surface area contributed by atoms with E-state index in [0.717, 1.165) is 23.6 Å². The van der Waals surface area contributed by atoms with Crippen molar-refractivity contribution >= 4 is 27.6 Å². The topological polar surface area (TPSA) is 92.8 Å². The van der Waals surface area contributed by atoms with E-state index in [1.165, 1.54) is 19.2 Å². The molecule has 1 aliphatic carbocycles. The molecule has 2 aromatic carbocycles. The summed E-state index contributed by atoms with van der Waals surface area (Å²) in [4.78, 5) is 24.9. The number of carbonyl (C=O) groups is 2. The van der Waals surface area contributed by atoms with Crippen LogP contribution in [0.4, 0.5) is 5.69 Å². The molecule has 3 unspecified atom stereocenters. The van der Waals surface area contributed by atoms with Crippen molar-refractivity contribution < 1.29 is 22.7 Å². The van der Waals surface area contributed by atoms with Crippen molar-refractivity contribution in [2.45, 2.75) is 44.0 Å². The smallest absolute Gasteiger partial charge is 0.340 e. The van der Waals surface area contributed by atoms with Crippen LogP contribution in [0.15, 0.2) is 59.5 Å². The number of para-hydroxylation sites is 1. The Balaban J connectivity index is 1.70. The number of carbonyl (C=O) groups excluding carboxylic acids is 2. The third-order valence-electron chi connectivity index (χ3n) is 6.25. The van der Waals surface area contributed by atoms with E-state index in [9.17, 15) is 18.0 Å². The second kappa shape index (κ2) is 10.2. The van der Waals surface area contributed by atoms with E-state index < -0.39 is 22.6 Å². The molecule has 3 rings (SSSR count). The third-order valence-corrected chi connectivity index (χ3v) is 8.10. The highest BCUT2D eigenvalue weighted by Crippen LogP contribution is 2.29. The molecule has 3 atom stereocenters. The second-order valence-corrected chi connectivity index (χ2v) is 10.3. The number of esters is 1. The van der Waals surface area contributed by atoms with Crippen LogP contribution in [0.2, 0.25) is 0 Å². The van der Waals surface area contributed by atoms with E-state index in [1.807, 2.05) is 0 Å². The van der Waals surface area contributed by atoms with Crippen LogP contribution in [0.3, 0.4) is 0 Å². The predicted octanol–water partition coefficient (Wildman–Crippen LogP) is 3.61. The summed E-state index contributed by atoms with van der Waals surface area (Å²) in [6.07, 6.45) is 3.10. The molecular formula is C24H30N2O5S. The molecule has 2 aromatic rings. The van der Waals surface area contributed by atoms with Crippen LogP contribution in [-0.4, -0.2) is 40.0 Å². The average Bonchev–Trinajstić information content (AvgIpc) is 2.80. The molecule has 1 saturated carbocycles. The van der Waals surface area contributed by atoms with Gasteiger partial charge in [-0.05, 0) is 42.5 Å². The number of amides is 1. The number of anilines is 1. The number of nitrogens with one attached hydrogen (secondary N) is 1. The molecule has 1 aliphatic rings. The minimum atomic E-state index is -4.01. The maximum absolute atomic E-state index is 13.2.